The average molecular weight is 297 g/mol. The Morgan fingerprint density at radius 2 is 2.14 bits per heavy atom. The fourth-order valence-electron chi connectivity index (χ4n) is 1.99. The lowest BCUT2D eigenvalue weighted by Gasteiger charge is -2.20. The summed E-state index contributed by atoms with van der Waals surface area (Å²) in [5, 5.41) is 12.6. The quantitative estimate of drug-likeness (QED) is 0.610. The molecule has 0 radical (unpaired) electrons. The van der Waals surface area contributed by atoms with Gasteiger partial charge in [0.15, 0.2) is 11.6 Å². The highest BCUT2D eigenvalue weighted by atomic mass is 16.5. The fraction of sp³-hybridized carbons (Fsp3) is 0.733. The summed E-state index contributed by atoms with van der Waals surface area (Å²) in [4.78, 5) is 8.58. The van der Waals surface area contributed by atoms with Crippen LogP contribution < -0.4 is 10.1 Å². The van der Waals surface area contributed by atoms with Crippen molar-refractivity contribution in [2.24, 2.45) is 0 Å². The molecule has 6 nitrogen and oxygen atoms in total. The van der Waals surface area contributed by atoms with Gasteiger partial charge in [0.2, 0.25) is 0 Å². The van der Waals surface area contributed by atoms with E-state index in [4.69, 9.17) is 9.47 Å². The van der Waals surface area contributed by atoms with Crippen molar-refractivity contribution in [2.75, 3.05) is 32.2 Å². The molecule has 1 rings (SSSR count). The number of anilines is 1. The number of nitrogens with zero attached hydrogens (tertiary/aromatic N) is 2. The molecule has 0 aliphatic carbocycles. The Hall–Kier alpha value is -1.40. The maximum absolute atomic E-state index is 9.19. The van der Waals surface area contributed by atoms with Crippen molar-refractivity contribution >= 4 is 5.82 Å². The Balaban J connectivity index is 2.74. The van der Waals surface area contributed by atoms with Gasteiger partial charge in [0.1, 0.15) is 12.4 Å². The lowest BCUT2D eigenvalue weighted by molar-refractivity contribution is 0.146. The van der Waals surface area contributed by atoms with Crippen LogP contribution in [0.5, 0.6) is 5.75 Å². The highest BCUT2D eigenvalue weighted by Gasteiger charge is 2.13. The summed E-state index contributed by atoms with van der Waals surface area (Å²) in [6.07, 6.45) is 5.61. The summed E-state index contributed by atoms with van der Waals surface area (Å²) in [6.45, 7) is 5.13. The lowest BCUT2D eigenvalue weighted by atomic mass is 10.1. The largest absolute Gasteiger partial charge is 0.486 e. The van der Waals surface area contributed by atoms with Crippen LogP contribution in [0.2, 0.25) is 0 Å². The van der Waals surface area contributed by atoms with Gasteiger partial charge in [0.05, 0.1) is 12.8 Å². The molecule has 0 saturated carbocycles. The molecule has 21 heavy (non-hydrogen) atoms. The molecule has 1 heterocycles. The third kappa shape index (κ3) is 6.73. The van der Waals surface area contributed by atoms with E-state index in [9.17, 15) is 5.11 Å². The monoisotopic (exact) mass is 297 g/mol. The van der Waals surface area contributed by atoms with E-state index < -0.39 is 0 Å². The first kappa shape index (κ1) is 17.7. The number of nitrogens with one attached hydrogen (secondary N) is 1. The maximum atomic E-state index is 9.19. The van der Waals surface area contributed by atoms with Crippen molar-refractivity contribution < 1.29 is 14.6 Å². The van der Waals surface area contributed by atoms with Crippen LogP contribution in [0.3, 0.4) is 0 Å². The van der Waals surface area contributed by atoms with Gasteiger partial charge in [-0.1, -0.05) is 19.8 Å². The Bertz CT molecular complexity index is 402. The molecule has 0 spiro atoms. The predicted octanol–water partition coefficient (Wildman–Crippen LogP) is 2.16. The van der Waals surface area contributed by atoms with Crippen LogP contribution in [-0.4, -0.2) is 48.0 Å². The molecule has 0 aromatic carbocycles. The summed E-state index contributed by atoms with van der Waals surface area (Å²) in [6, 6.07) is 0.189. The first-order valence-electron chi connectivity index (χ1n) is 7.54. The summed E-state index contributed by atoms with van der Waals surface area (Å²) < 4.78 is 10.6. The average Bonchev–Trinajstić information content (AvgIpc) is 2.47. The molecule has 2 N–H and O–H groups in total. The van der Waals surface area contributed by atoms with Crippen molar-refractivity contribution in [3.63, 3.8) is 0 Å². The topological polar surface area (TPSA) is 76.5 Å². The molecule has 1 atom stereocenters. The van der Waals surface area contributed by atoms with Gasteiger partial charge in [-0.15, -0.1) is 0 Å². The van der Waals surface area contributed by atoms with Gasteiger partial charge >= 0.3 is 0 Å². The van der Waals surface area contributed by atoms with E-state index in [-0.39, 0.29) is 12.6 Å². The number of aryl methyl sites for hydroxylation is 1. The molecule has 1 aromatic rings. The molecule has 0 aliphatic rings. The summed E-state index contributed by atoms with van der Waals surface area (Å²) >= 11 is 0. The number of rotatable bonds is 11. The number of aliphatic hydroxyl groups is 1. The fourth-order valence-corrected chi connectivity index (χ4v) is 1.99. The minimum Gasteiger partial charge on any atom is -0.486 e. The number of ether oxygens (including phenoxy) is 2. The zero-order chi connectivity index (χ0) is 15.5. The molecular weight excluding hydrogens is 270 g/mol. The number of methoxy groups -OCH3 is 1. The molecule has 0 aliphatic heterocycles. The molecule has 120 valence electrons. The van der Waals surface area contributed by atoms with Gasteiger partial charge in [-0.05, 0) is 19.8 Å². The number of unbranched alkanes of at least 4 members (excludes halogenated alkanes) is 1. The van der Waals surface area contributed by atoms with E-state index in [1.54, 1.807) is 13.3 Å². The Morgan fingerprint density at radius 1 is 1.33 bits per heavy atom. The lowest BCUT2D eigenvalue weighted by Crippen LogP contribution is -2.22. The van der Waals surface area contributed by atoms with Crippen molar-refractivity contribution in [3.8, 4) is 5.75 Å². The van der Waals surface area contributed by atoms with Gasteiger partial charge < -0.3 is 19.9 Å². The normalized spacial score (nSPS) is 12.2. The van der Waals surface area contributed by atoms with Crippen LogP contribution in [0.1, 0.15) is 38.4 Å². The van der Waals surface area contributed by atoms with Crippen molar-refractivity contribution in [2.45, 2.75) is 45.6 Å². The molecular formula is C15H27N3O3. The standard InChI is InChI=1S/C15H27N3O3/c1-4-5-6-13(7-8-19)18-15-14(21-10-9-20-3)11-16-12(2)17-15/h11,13,19H,4-10H2,1-3H3,(H,16,17,18)/t13-/m0/s1. The number of hydrogen-bond donors (Lipinski definition) is 2. The summed E-state index contributed by atoms with van der Waals surface area (Å²) in [5.41, 5.74) is 0. The third-order valence-electron chi connectivity index (χ3n) is 3.15. The van der Waals surface area contributed by atoms with Crippen molar-refractivity contribution in [1.82, 2.24) is 9.97 Å². The molecule has 6 heteroatoms. The molecule has 0 fully saturated rings. The van der Waals surface area contributed by atoms with Crippen LogP contribution in [0, 0.1) is 6.92 Å². The molecule has 0 bridgehead atoms. The van der Waals surface area contributed by atoms with Crippen molar-refractivity contribution in [3.05, 3.63) is 12.0 Å². The van der Waals surface area contributed by atoms with Gasteiger partial charge in [-0.25, -0.2) is 9.97 Å². The van der Waals surface area contributed by atoms with Crippen LogP contribution in [0.4, 0.5) is 5.82 Å². The summed E-state index contributed by atoms with van der Waals surface area (Å²) in [5.74, 6) is 2.00. The van der Waals surface area contributed by atoms with E-state index >= 15 is 0 Å². The van der Waals surface area contributed by atoms with Gasteiger partial charge in [-0.2, -0.15) is 0 Å². The van der Waals surface area contributed by atoms with E-state index in [1.165, 1.54) is 0 Å². The number of aliphatic hydroxyl groups excluding tert-OH is 1. The maximum Gasteiger partial charge on any atom is 0.179 e. The molecule has 0 amide bonds. The second-order valence-corrected chi connectivity index (χ2v) is 4.97. The van der Waals surface area contributed by atoms with E-state index in [0.717, 1.165) is 19.3 Å². The van der Waals surface area contributed by atoms with Crippen molar-refractivity contribution in [1.29, 1.82) is 0 Å². The molecule has 0 saturated heterocycles. The Labute approximate surface area is 126 Å². The zero-order valence-corrected chi connectivity index (χ0v) is 13.3. The van der Waals surface area contributed by atoms with Crippen LogP contribution >= 0.6 is 0 Å². The number of aromatic nitrogens is 2. The predicted molar refractivity (Wildman–Crippen MR) is 82.8 cm³/mol. The highest BCUT2D eigenvalue weighted by molar-refractivity contribution is 5.49. The second-order valence-electron chi connectivity index (χ2n) is 4.97. The number of hydrogen-bond acceptors (Lipinski definition) is 6. The minimum atomic E-state index is 0.158. The van der Waals surface area contributed by atoms with Gasteiger partial charge in [-0.3, -0.25) is 0 Å². The van der Waals surface area contributed by atoms with E-state index in [1.807, 2.05) is 6.92 Å². The van der Waals surface area contributed by atoms with E-state index in [2.05, 4.69) is 22.2 Å². The first-order chi connectivity index (χ1) is 10.2. The SMILES string of the molecule is CCCC[C@@H](CCO)Nc1nc(C)ncc1OCCOC. The van der Waals surface area contributed by atoms with Crippen LogP contribution in [-0.2, 0) is 4.74 Å². The van der Waals surface area contributed by atoms with Crippen LogP contribution in [0.25, 0.3) is 0 Å². The zero-order valence-electron chi connectivity index (χ0n) is 13.3. The highest BCUT2D eigenvalue weighted by Crippen LogP contribution is 2.23. The molecule has 1 aromatic heterocycles. The minimum absolute atomic E-state index is 0.158. The van der Waals surface area contributed by atoms with Gasteiger partial charge in [0.25, 0.3) is 0 Å². The Kier molecular flexibility index (Phi) is 8.69. The Morgan fingerprint density at radius 3 is 2.81 bits per heavy atom. The second kappa shape index (κ2) is 10.3. The third-order valence-corrected chi connectivity index (χ3v) is 3.15. The van der Waals surface area contributed by atoms with Gasteiger partial charge in [0, 0.05) is 19.8 Å². The van der Waals surface area contributed by atoms with E-state index in [0.29, 0.717) is 37.0 Å². The summed E-state index contributed by atoms with van der Waals surface area (Å²) in [7, 11) is 1.64. The molecule has 0 unspecified atom stereocenters. The first-order valence-corrected chi connectivity index (χ1v) is 7.54. The van der Waals surface area contributed by atoms with Crippen LogP contribution in [0.15, 0.2) is 6.20 Å². The smallest absolute Gasteiger partial charge is 0.179 e.